The quantitative estimate of drug-likeness (QED) is 0.776. The summed E-state index contributed by atoms with van der Waals surface area (Å²) >= 11 is 0. The van der Waals surface area contributed by atoms with Crippen LogP contribution in [0.5, 0.6) is 0 Å². The third-order valence-electron chi connectivity index (χ3n) is 4.33. The predicted octanol–water partition coefficient (Wildman–Crippen LogP) is 0.617. The first-order valence-electron chi connectivity index (χ1n) is 7.73. The molecular formula is C15H30N2O3. The van der Waals surface area contributed by atoms with Crippen molar-refractivity contribution in [3.63, 3.8) is 0 Å². The standard InChI is InChI=1S/C15H30N2O3/c1-14(18,12-17(2)3)11-16-13-4-7-20-15(10-13)5-8-19-9-6-15/h13,16,18H,4-12H2,1-3H3. The number of hydrogen-bond donors (Lipinski definition) is 2. The largest absolute Gasteiger partial charge is 0.388 e. The van der Waals surface area contributed by atoms with Gasteiger partial charge in [0.2, 0.25) is 0 Å². The molecule has 0 aliphatic carbocycles. The Hall–Kier alpha value is -0.200. The van der Waals surface area contributed by atoms with Gasteiger partial charge >= 0.3 is 0 Å². The van der Waals surface area contributed by atoms with Crippen molar-refractivity contribution >= 4 is 0 Å². The second kappa shape index (κ2) is 6.71. The van der Waals surface area contributed by atoms with Crippen molar-refractivity contribution in [2.24, 2.45) is 0 Å². The van der Waals surface area contributed by atoms with Crippen molar-refractivity contribution in [1.29, 1.82) is 0 Å². The van der Waals surface area contributed by atoms with Crippen LogP contribution in [0.2, 0.25) is 0 Å². The van der Waals surface area contributed by atoms with Crippen molar-refractivity contribution < 1.29 is 14.6 Å². The highest BCUT2D eigenvalue weighted by Gasteiger charge is 2.39. The van der Waals surface area contributed by atoms with Gasteiger partial charge in [-0.2, -0.15) is 0 Å². The minimum absolute atomic E-state index is 0.0154. The van der Waals surface area contributed by atoms with Gasteiger partial charge in [-0.05, 0) is 46.7 Å². The molecule has 2 rings (SSSR count). The van der Waals surface area contributed by atoms with Gasteiger partial charge in [0.25, 0.3) is 0 Å². The second-order valence-electron chi connectivity index (χ2n) is 6.95. The van der Waals surface area contributed by atoms with E-state index >= 15 is 0 Å². The smallest absolute Gasteiger partial charge is 0.0869 e. The van der Waals surface area contributed by atoms with Gasteiger partial charge in [-0.25, -0.2) is 0 Å². The van der Waals surface area contributed by atoms with E-state index in [9.17, 15) is 5.11 Å². The van der Waals surface area contributed by atoms with Crippen LogP contribution in [0.1, 0.15) is 32.6 Å². The minimum atomic E-state index is -0.690. The van der Waals surface area contributed by atoms with Crippen LogP contribution in [0, 0.1) is 0 Å². The van der Waals surface area contributed by atoms with Crippen LogP contribution < -0.4 is 5.32 Å². The molecular weight excluding hydrogens is 256 g/mol. The van der Waals surface area contributed by atoms with Gasteiger partial charge < -0.3 is 24.8 Å². The van der Waals surface area contributed by atoms with E-state index in [0.29, 0.717) is 19.1 Å². The monoisotopic (exact) mass is 286 g/mol. The number of hydrogen-bond acceptors (Lipinski definition) is 5. The second-order valence-corrected chi connectivity index (χ2v) is 6.95. The van der Waals surface area contributed by atoms with Gasteiger partial charge in [-0.15, -0.1) is 0 Å². The molecule has 0 bridgehead atoms. The fourth-order valence-electron chi connectivity index (χ4n) is 3.40. The van der Waals surface area contributed by atoms with Gasteiger partial charge in [0.15, 0.2) is 0 Å². The fourth-order valence-corrected chi connectivity index (χ4v) is 3.40. The van der Waals surface area contributed by atoms with E-state index in [1.54, 1.807) is 0 Å². The average Bonchev–Trinajstić information content (AvgIpc) is 2.36. The van der Waals surface area contributed by atoms with Crippen molar-refractivity contribution in [3.8, 4) is 0 Å². The van der Waals surface area contributed by atoms with Crippen molar-refractivity contribution in [2.75, 3.05) is 47.0 Å². The number of rotatable bonds is 5. The van der Waals surface area contributed by atoms with Gasteiger partial charge in [-0.1, -0.05) is 0 Å². The predicted molar refractivity (Wildman–Crippen MR) is 78.9 cm³/mol. The number of aliphatic hydroxyl groups is 1. The highest BCUT2D eigenvalue weighted by atomic mass is 16.5. The minimum Gasteiger partial charge on any atom is -0.388 e. The summed E-state index contributed by atoms with van der Waals surface area (Å²) in [7, 11) is 3.97. The maximum absolute atomic E-state index is 10.4. The van der Waals surface area contributed by atoms with E-state index in [0.717, 1.165) is 45.5 Å². The third-order valence-corrected chi connectivity index (χ3v) is 4.33. The summed E-state index contributed by atoms with van der Waals surface area (Å²) in [5.41, 5.74) is -0.674. The molecule has 0 radical (unpaired) electrons. The summed E-state index contributed by atoms with van der Waals surface area (Å²) in [5.74, 6) is 0. The lowest BCUT2D eigenvalue weighted by Crippen LogP contribution is -2.53. The van der Waals surface area contributed by atoms with E-state index in [2.05, 4.69) is 5.32 Å². The fraction of sp³-hybridized carbons (Fsp3) is 1.00. The highest BCUT2D eigenvalue weighted by Crippen LogP contribution is 2.34. The summed E-state index contributed by atoms with van der Waals surface area (Å²) in [6.07, 6.45) is 4.06. The zero-order valence-electron chi connectivity index (χ0n) is 13.2. The molecule has 2 heterocycles. The summed E-state index contributed by atoms with van der Waals surface area (Å²) < 4.78 is 11.5. The van der Waals surface area contributed by atoms with Gasteiger partial charge in [0, 0.05) is 39.0 Å². The first-order chi connectivity index (χ1) is 9.41. The van der Waals surface area contributed by atoms with Gasteiger partial charge in [0.1, 0.15) is 0 Å². The first kappa shape index (κ1) is 16.2. The maximum Gasteiger partial charge on any atom is 0.0869 e. The van der Waals surface area contributed by atoms with E-state index in [4.69, 9.17) is 9.47 Å². The molecule has 2 atom stereocenters. The topological polar surface area (TPSA) is 54.0 Å². The molecule has 0 aromatic carbocycles. The Morgan fingerprint density at radius 1 is 1.30 bits per heavy atom. The van der Waals surface area contributed by atoms with E-state index in [-0.39, 0.29) is 5.60 Å². The Balaban J connectivity index is 1.81. The molecule has 1 spiro atoms. The molecule has 2 unspecified atom stereocenters. The highest BCUT2D eigenvalue weighted by molar-refractivity contribution is 4.92. The third kappa shape index (κ3) is 4.67. The molecule has 0 amide bonds. The first-order valence-corrected chi connectivity index (χ1v) is 7.73. The molecule has 20 heavy (non-hydrogen) atoms. The lowest BCUT2D eigenvalue weighted by Gasteiger charge is -2.44. The Morgan fingerprint density at radius 2 is 2.00 bits per heavy atom. The maximum atomic E-state index is 10.4. The molecule has 5 heteroatoms. The zero-order valence-corrected chi connectivity index (χ0v) is 13.2. The SMILES string of the molecule is CN(C)CC(C)(O)CNC1CCOC2(CCOCC2)C1. The molecule has 2 aliphatic rings. The molecule has 118 valence electrons. The van der Waals surface area contributed by atoms with Crippen LogP contribution in [0.25, 0.3) is 0 Å². The molecule has 2 N–H and O–H groups in total. The average molecular weight is 286 g/mol. The Labute approximate surface area is 122 Å². The van der Waals surface area contributed by atoms with Crippen LogP contribution >= 0.6 is 0 Å². The molecule has 0 saturated carbocycles. The van der Waals surface area contributed by atoms with Crippen LogP contribution in [0.4, 0.5) is 0 Å². The lowest BCUT2D eigenvalue weighted by molar-refractivity contribution is -0.141. The number of nitrogens with zero attached hydrogens (tertiary/aromatic N) is 1. The Bertz CT molecular complexity index is 296. The molecule has 2 fully saturated rings. The lowest BCUT2D eigenvalue weighted by atomic mass is 9.84. The molecule has 2 saturated heterocycles. The number of likely N-dealkylation sites (N-methyl/N-ethyl adjacent to an activating group) is 1. The molecule has 0 aromatic rings. The van der Waals surface area contributed by atoms with Crippen molar-refractivity contribution in [2.45, 2.75) is 49.9 Å². The van der Waals surface area contributed by atoms with E-state index < -0.39 is 5.60 Å². The zero-order chi connectivity index (χ0) is 14.6. The summed E-state index contributed by atoms with van der Waals surface area (Å²) in [6, 6.07) is 0.440. The van der Waals surface area contributed by atoms with Gasteiger partial charge in [-0.3, -0.25) is 0 Å². The van der Waals surface area contributed by atoms with Crippen molar-refractivity contribution in [3.05, 3.63) is 0 Å². The van der Waals surface area contributed by atoms with Crippen LogP contribution in [0.3, 0.4) is 0 Å². The normalized spacial score (nSPS) is 29.6. The van der Waals surface area contributed by atoms with E-state index in [1.165, 1.54) is 0 Å². The van der Waals surface area contributed by atoms with Crippen molar-refractivity contribution in [1.82, 2.24) is 10.2 Å². The van der Waals surface area contributed by atoms with Crippen LogP contribution in [-0.4, -0.2) is 74.3 Å². The van der Waals surface area contributed by atoms with E-state index in [1.807, 2.05) is 25.9 Å². The van der Waals surface area contributed by atoms with Crippen LogP contribution in [-0.2, 0) is 9.47 Å². The van der Waals surface area contributed by atoms with Gasteiger partial charge in [0.05, 0.1) is 11.2 Å². The molecule has 0 aromatic heterocycles. The Morgan fingerprint density at radius 3 is 2.65 bits per heavy atom. The summed E-state index contributed by atoms with van der Waals surface area (Å²) in [5, 5.41) is 13.9. The molecule has 5 nitrogen and oxygen atoms in total. The summed E-state index contributed by atoms with van der Waals surface area (Å²) in [4.78, 5) is 2.02. The number of ether oxygens (including phenoxy) is 2. The number of nitrogens with one attached hydrogen (secondary N) is 1. The summed E-state index contributed by atoms with van der Waals surface area (Å²) in [6.45, 7) is 5.62. The Kier molecular flexibility index (Phi) is 5.42. The molecule has 2 aliphatic heterocycles. The van der Waals surface area contributed by atoms with Crippen LogP contribution in [0.15, 0.2) is 0 Å².